The van der Waals surface area contributed by atoms with Crippen LogP contribution < -0.4 is 15.0 Å². The molecule has 2 aromatic carbocycles. The lowest BCUT2D eigenvalue weighted by atomic mass is 10.1. The van der Waals surface area contributed by atoms with Crippen molar-refractivity contribution in [1.29, 1.82) is 0 Å². The molecule has 1 N–H and O–H groups in total. The van der Waals surface area contributed by atoms with Crippen molar-refractivity contribution in [3.8, 4) is 5.75 Å². The number of hydrogen-bond donors (Lipinski definition) is 1. The highest BCUT2D eigenvalue weighted by molar-refractivity contribution is 5.91. The number of nitrogens with one attached hydrogen (secondary N) is 1. The van der Waals surface area contributed by atoms with E-state index in [1.165, 1.54) is 12.5 Å². The molecule has 0 aliphatic heterocycles. The Balaban J connectivity index is 1.87. The first kappa shape index (κ1) is 18.5. The fourth-order valence-electron chi connectivity index (χ4n) is 2.49. The number of anilines is 1. The Morgan fingerprint density at radius 3 is 2.24 bits per heavy atom. The van der Waals surface area contributed by atoms with Crippen molar-refractivity contribution < 1.29 is 14.3 Å². The number of ether oxygens (including phenoxy) is 1. The molecule has 0 atom stereocenters. The number of methoxy groups -OCH3 is 1. The molecular formula is C20H24N2O3. The van der Waals surface area contributed by atoms with Gasteiger partial charge in [0.2, 0.25) is 11.8 Å². The maximum absolute atomic E-state index is 12.0. The number of carbonyl (C=O) groups excluding carboxylic acids is 2. The molecule has 0 heterocycles. The van der Waals surface area contributed by atoms with Crippen LogP contribution in [0, 0.1) is 6.92 Å². The number of nitrogens with zero attached hydrogens (tertiary/aromatic N) is 1. The predicted octanol–water partition coefficient (Wildman–Crippen LogP) is 2.72. The van der Waals surface area contributed by atoms with E-state index in [9.17, 15) is 9.59 Å². The molecule has 25 heavy (non-hydrogen) atoms. The van der Waals surface area contributed by atoms with Gasteiger partial charge in [-0.15, -0.1) is 0 Å². The summed E-state index contributed by atoms with van der Waals surface area (Å²) in [7, 11) is 1.60. The van der Waals surface area contributed by atoms with Crippen LogP contribution in [0.25, 0.3) is 0 Å². The second-order valence-electron chi connectivity index (χ2n) is 5.88. The topological polar surface area (TPSA) is 58.6 Å². The molecule has 132 valence electrons. The zero-order valence-corrected chi connectivity index (χ0v) is 14.9. The summed E-state index contributed by atoms with van der Waals surface area (Å²) >= 11 is 0. The summed E-state index contributed by atoms with van der Waals surface area (Å²) in [6, 6.07) is 15.2. The van der Waals surface area contributed by atoms with Gasteiger partial charge in [-0.3, -0.25) is 9.59 Å². The van der Waals surface area contributed by atoms with Crippen molar-refractivity contribution >= 4 is 17.5 Å². The molecule has 2 aromatic rings. The molecule has 2 rings (SSSR count). The number of hydrogen-bond acceptors (Lipinski definition) is 3. The summed E-state index contributed by atoms with van der Waals surface area (Å²) in [6.45, 7) is 4.34. The van der Waals surface area contributed by atoms with E-state index in [-0.39, 0.29) is 11.8 Å². The number of carbonyl (C=O) groups is 2. The van der Waals surface area contributed by atoms with Gasteiger partial charge in [-0.1, -0.05) is 29.8 Å². The van der Waals surface area contributed by atoms with Gasteiger partial charge in [0.25, 0.3) is 0 Å². The third-order valence-corrected chi connectivity index (χ3v) is 3.91. The first-order chi connectivity index (χ1) is 12.0. The van der Waals surface area contributed by atoms with Gasteiger partial charge in [0.1, 0.15) is 5.75 Å². The summed E-state index contributed by atoms with van der Waals surface area (Å²) < 4.78 is 5.13. The number of benzene rings is 2. The highest BCUT2D eigenvalue weighted by Gasteiger charge is 2.12. The minimum Gasteiger partial charge on any atom is -0.497 e. The molecule has 0 fully saturated rings. The Morgan fingerprint density at radius 2 is 1.68 bits per heavy atom. The van der Waals surface area contributed by atoms with Crippen LogP contribution in [0.2, 0.25) is 0 Å². The van der Waals surface area contributed by atoms with E-state index in [4.69, 9.17) is 4.74 Å². The van der Waals surface area contributed by atoms with E-state index in [0.717, 1.165) is 17.0 Å². The molecule has 0 radical (unpaired) electrons. The van der Waals surface area contributed by atoms with Crippen molar-refractivity contribution in [1.82, 2.24) is 5.32 Å². The molecule has 0 spiro atoms. The summed E-state index contributed by atoms with van der Waals surface area (Å²) in [5, 5.41) is 2.87. The van der Waals surface area contributed by atoms with Gasteiger partial charge in [-0.2, -0.15) is 0 Å². The van der Waals surface area contributed by atoms with Crippen LogP contribution in [0.4, 0.5) is 5.69 Å². The Hall–Kier alpha value is -2.82. The number of rotatable bonds is 7. The lowest BCUT2D eigenvalue weighted by molar-refractivity contribution is -0.121. The normalized spacial score (nSPS) is 10.2. The zero-order valence-electron chi connectivity index (χ0n) is 14.9. The Bertz CT molecular complexity index is 709. The maximum Gasteiger partial charge on any atom is 0.224 e. The van der Waals surface area contributed by atoms with Gasteiger partial charge in [-0.25, -0.2) is 0 Å². The number of aryl methyl sites for hydroxylation is 1. The summed E-state index contributed by atoms with van der Waals surface area (Å²) in [5.41, 5.74) is 2.92. The minimum atomic E-state index is -0.0713. The Kier molecular flexibility index (Phi) is 6.57. The van der Waals surface area contributed by atoms with Crippen LogP contribution in [0.15, 0.2) is 48.5 Å². The summed E-state index contributed by atoms with van der Waals surface area (Å²) in [6.07, 6.45) is 0.336. The van der Waals surface area contributed by atoms with Gasteiger partial charge < -0.3 is 15.0 Å². The van der Waals surface area contributed by atoms with E-state index in [1.54, 1.807) is 24.1 Å². The molecule has 5 nitrogen and oxygen atoms in total. The van der Waals surface area contributed by atoms with Gasteiger partial charge in [0, 0.05) is 25.7 Å². The minimum absolute atomic E-state index is 0.0536. The molecule has 0 aliphatic rings. The summed E-state index contributed by atoms with van der Waals surface area (Å²) in [5.74, 6) is 0.610. The average Bonchev–Trinajstić information content (AvgIpc) is 2.60. The van der Waals surface area contributed by atoms with Crippen molar-refractivity contribution in [3.63, 3.8) is 0 Å². The molecule has 0 aliphatic carbocycles. The average molecular weight is 340 g/mol. The first-order valence-corrected chi connectivity index (χ1v) is 8.24. The third-order valence-electron chi connectivity index (χ3n) is 3.91. The van der Waals surface area contributed by atoms with Gasteiger partial charge in [0.05, 0.1) is 13.5 Å². The standard InChI is InChI=1S/C20H24N2O3/c1-15-4-6-17(7-5-15)14-20(24)21-12-13-22(16(2)23)18-8-10-19(25-3)11-9-18/h4-11H,12-14H2,1-3H3,(H,21,24). The molecule has 0 bridgehead atoms. The van der Waals surface area contributed by atoms with Crippen LogP contribution in [0.5, 0.6) is 5.75 Å². The van der Waals surface area contributed by atoms with Crippen LogP contribution in [-0.2, 0) is 16.0 Å². The molecule has 0 aromatic heterocycles. The highest BCUT2D eigenvalue weighted by atomic mass is 16.5. The Morgan fingerprint density at radius 1 is 1.04 bits per heavy atom. The van der Waals surface area contributed by atoms with Gasteiger partial charge in [-0.05, 0) is 36.8 Å². The van der Waals surface area contributed by atoms with E-state index < -0.39 is 0 Å². The van der Waals surface area contributed by atoms with Crippen LogP contribution in [0.3, 0.4) is 0 Å². The lowest BCUT2D eigenvalue weighted by Gasteiger charge is -2.21. The van der Waals surface area contributed by atoms with Crippen LogP contribution >= 0.6 is 0 Å². The van der Waals surface area contributed by atoms with Crippen molar-refractivity contribution in [2.75, 3.05) is 25.1 Å². The van der Waals surface area contributed by atoms with Gasteiger partial charge >= 0.3 is 0 Å². The molecule has 0 saturated carbocycles. The third kappa shape index (κ3) is 5.64. The van der Waals surface area contributed by atoms with Crippen LogP contribution in [0.1, 0.15) is 18.1 Å². The van der Waals surface area contributed by atoms with E-state index in [2.05, 4.69) is 5.32 Å². The van der Waals surface area contributed by atoms with Crippen molar-refractivity contribution in [3.05, 3.63) is 59.7 Å². The maximum atomic E-state index is 12.0. The van der Waals surface area contributed by atoms with E-state index >= 15 is 0 Å². The number of amides is 2. The predicted molar refractivity (Wildman–Crippen MR) is 98.9 cm³/mol. The van der Waals surface area contributed by atoms with E-state index in [0.29, 0.717) is 19.5 Å². The summed E-state index contributed by atoms with van der Waals surface area (Å²) in [4.78, 5) is 25.5. The molecular weight excluding hydrogens is 316 g/mol. The lowest BCUT2D eigenvalue weighted by Crippen LogP contribution is -2.38. The molecule has 5 heteroatoms. The first-order valence-electron chi connectivity index (χ1n) is 8.24. The van der Waals surface area contributed by atoms with Crippen LogP contribution in [-0.4, -0.2) is 32.0 Å². The monoisotopic (exact) mass is 340 g/mol. The molecule has 2 amide bonds. The smallest absolute Gasteiger partial charge is 0.224 e. The fraction of sp³-hybridized carbons (Fsp3) is 0.300. The van der Waals surface area contributed by atoms with Gasteiger partial charge in [0.15, 0.2) is 0 Å². The van der Waals surface area contributed by atoms with Crippen molar-refractivity contribution in [2.45, 2.75) is 20.3 Å². The quantitative estimate of drug-likeness (QED) is 0.843. The largest absolute Gasteiger partial charge is 0.497 e. The Labute approximate surface area is 148 Å². The second-order valence-corrected chi connectivity index (χ2v) is 5.88. The van der Waals surface area contributed by atoms with E-state index in [1.807, 2.05) is 43.3 Å². The SMILES string of the molecule is COc1ccc(N(CCNC(=O)Cc2ccc(C)cc2)C(C)=O)cc1. The fourth-order valence-corrected chi connectivity index (χ4v) is 2.49. The molecule has 0 unspecified atom stereocenters. The molecule has 0 saturated heterocycles. The van der Waals surface area contributed by atoms with Crippen molar-refractivity contribution in [2.24, 2.45) is 0 Å². The second kappa shape index (κ2) is 8.87. The highest BCUT2D eigenvalue weighted by Crippen LogP contribution is 2.19. The zero-order chi connectivity index (χ0) is 18.2.